The molecule has 3 heterocycles. The molecule has 8 nitrogen and oxygen atoms in total. The first-order chi connectivity index (χ1) is 8.11. The predicted molar refractivity (Wildman–Crippen MR) is 51.5 cm³/mol. The van der Waals surface area contributed by atoms with E-state index in [2.05, 4.69) is 15.5 Å². The van der Waals surface area contributed by atoms with Crippen molar-refractivity contribution in [2.24, 2.45) is 0 Å². The third-order valence-corrected chi connectivity index (χ3v) is 2.89. The molecule has 3 rings (SSSR count). The summed E-state index contributed by atoms with van der Waals surface area (Å²) in [7, 11) is 0. The van der Waals surface area contributed by atoms with Crippen molar-refractivity contribution in [2.75, 3.05) is 0 Å². The molecule has 0 saturated carbocycles. The predicted octanol–water partition coefficient (Wildman–Crippen LogP) is -0.579. The van der Waals surface area contributed by atoms with Crippen molar-refractivity contribution in [3.63, 3.8) is 0 Å². The third-order valence-electron chi connectivity index (χ3n) is 2.89. The van der Waals surface area contributed by atoms with Gasteiger partial charge in [0.15, 0.2) is 17.8 Å². The molecule has 2 aliphatic rings. The Morgan fingerprint density at radius 3 is 3.12 bits per heavy atom. The van der Waals surface area contributed by atoms with E-state index in [9.17, 15) is 4.79 Å². The summed E-state index contributed by atoms with van der Waals surface area (Å²) >= 11 is 0. The summed E-state index contributed by atoms with van der Waals surface area (Å²) < 4.78 is 18.0. The van der Waals surface area contributed by atoms with E-state index in [1.165, 1.54) is 0 Å². The molecule has 1 aromatic heterocycles. The Balaban J connectivity index is 1.97. The van der Waals surface area contributed by atoms with E-state index in [1.54, 1.807) is 18.5 Å². The first kappa shape index (κ1) is 10.6. The molecule has 0 unspecified atom stereocenters. The second kappa shape index (κ2) is 3.47. The van der Waals surface area contributed by atoms with E-state index in [0.717, 1.165) is 0 Å². The Morgan fingerprint density at radius 1 is 1.53 bits per heavy atom. The lowest BCUT2D eigenvalue weighted by Crippen LogP contribution is -2.42. The number of tetrazole rings is 1. The second-order valence-corrected chi connectivity index (χ2v) is 4.51. The highest BCUT2D eigenvalue weighted by molar-refractivity contribution is 5.38. The van der Waals surface area contributed by atoms with Crippen LogP contribution >= 0.6 is 0 Å². The molecule has 8 heteroatoms. The topological polar surface area (TPSA) is 88.4 Å². The van der Waals surface area contributed by atoms with Gasteiger partial charge in [-0.2, -0.15) is 4.68 Å². The van der Waals surface area contributed by atoms with Crippen molar-refractivity contribution in [1.82, 2.24) is 20.2 Å². The van der Waals surface area contributed by atoms with Gasteiger partial charge in [-0.3, -0.25) is 4.79 Å². The van der Waals surface area contributed by atoms with Crippen LogP contribution in [0.4, 0.5) is 0 Å². The highest BCUT2D eigenvalue weighted by atomic mass is 16.8. The average molecular weight is 240 g/mol. The zero-order chi connectivity index (χ0) is 12.0. The molecule has 0 N–H and O–H groups in total. The lowest BCUT2D eigenvalue weighted by Gasteiger charge is -2.28. The van der Waals surface area contributed by atoms with Crippen LogP contribution in [-0.4, -0.2) is 44.7 Å². The molecule has 0 spiro atoms. The third kappa shape index (κ3) is 1.60. The number of fused-ring (bicyclic) bond motifs is 3. The second-order valence-electron chi connectivity index (χ2n) is 4.51. The Morgan fingerprint density at radius 2 is 2.35 bits per heavy atom. The quantitative estimate of drug-likeness (QED) is 0.639. The van der Waals surface area contributed by atoms with E-state index in [-0.39, 0.29) is 6.10 Å². The molecular formula is C9H12N4O4. The van der Waals surface area contributed by atoms with Crippen LogP contribution in [0.15, 0.2) is 0 Å². The van der Waals surface area contributed by atoms with Gasteiger partial charge in [-0.1, -0.05) is 0 Å². The lowest BCUT2D eigenvalue weighted by atomic mass is 10.1. The molecule has 1 fully saturated rings. The number of rotatable bonds is 2. The van der Waals surface area contributed by atoms with Gasteiger partial charge in [-0.15, -0.1) is 5.10 Å². The van der Waals surface area contributed by atoms with Crippen LogP contribution < -0.4 is 0 Å². The maximum Gasteiger partial charge on any atom is 0.293 e. The fraction of sp³-hybridized carbons (Fsp3) is 0.778. The van der Waals surface area contributed by atoms with Gasteiger partial charge in [0.1, 0.15) is 12.2 Å². The van der Waals surface area contributed by atoms with Gasteiger partial charge in [0.2, 0.25) is 0 Å². The summed E-state index contributed by atoms with van der Waals surface area (Å²) in [6.45, 7) is 4.01. The molecule has 17 heavy (non-hydrogen) atoms. The molecule has 0 aliphatic carbocycles. The molecular weight excluding hydrogens is 228 g/mol. The fourth-order valence-electron chi connectivity index (χ4n) is 2.26. The van der Waals surface area contributed by atoms with Gasteiger partial charge in [0.25, 0.3) is 6.47 Å². The number of carbonyl (C=O) groups is 1. The molecule has 0 radical (unpaired) electrons. The highest BCUT2D eigenvalue weighted by Gasteiger charge is 2.51. The largest absolute Gasteiger partial charge is 0.461 e. The summed E-state index contributed by atoms with van der Waals surface area (Å²) in [5.74, 6) is -0.118. The normalized spacial score (nSPS) is 33.9. The minimum absolute atomic E-state index is 0.383. The molecule has 1 aromatic rings. The van der Waals surface area contributed by atoms with Crippen LogP contribution in [0.3, 0.4) is 0 Å². The smallest absolute Gasteiger partial charge is 0.293 e. The van der Waals surface area contributed by atoms with Gasteiger partial charge >= 0.3 is 0 Å². The Labute approximate surface area is 96.8 Å². The van der Waals surface area contributed by atoms with Crippen LogP contribution in [0.1, 0.15) is 25.9 Å². The molecule has 92 valence electrons. The van der Waals surface area contributed by atoms with Gasteiger partial charge in [0.05, 0.1) is 0 Å². The summed E-state index contributed by atoms with van der Waals surface area (Å²) in [6.07, 6.45) is -0.829. The lowest BCUT2D eigenvalue weighted by molar-refractivity contribution is -0.164. The van der Waals surface area contributed by atoms with Crippen molar-refractivity contribution >= 4 is 6.47 Å². The molecule has 3 atom stereocenters. The van der Waals surface area contributed by atoms with E-state index in [0.29, 0.717) is 18.7 Å². The number of hydrogen-bond acceptors (Lipinski definition) is 7. The monoisotopic (exact) mass is 240 g/mol. The maximum absolute atomic E-state index is 10.5. The zero-order valence-corrected chi connectivity index (χ0v) is 9.44. The Hall–Kier alpha value is -1.54. The van der Waals surface area contributed by atoms with E-state index < -0.39 is 18.1 Å². The maximum atomic E-state index is 10.5. The highest BCUT2D eigenvalue weighted by Crippen LogP contribution is 2.40. The Bertz CT molecular complexity index is 446. The number of nitrogens with zero attached hydrogens (tertiary/aromatic N) is 4. The standard InChI is InChI=1S/C9H12N4O4/c1-9(2)16-7-5(15-4-14)3-6-10-11-12-13(6)8(7)17-9/h4-5,7-8H,3H2,1-2H3/t5-,7-,8-/m1/s1. The minimum atomic E-state index is -0.743. The zero-order valence-electron chi connectivity index (χ0n) is 9.44. The SMILES string of the molecule is CC1(C)O[C@H]2[C@@H](O1)n1nnnc1C[C@H]2OC=O. The molecule has 0 bridgehead atoms. The summed E-state index contributed by atoms with van der Waals surface area (Å²) in [6, 6.07) is 0. The number of ether oxygens (including phenoxy) is 3. The fourth-order valence-corrected chi connectivity index (χ4v) is 2.26. The van der Waals surface area contributed by atoms with E-state index >= 15 is 0 Å². The number of aromatic nitrogens is 4. The number of hydrogen-bond donors (Lipinski definition) is 0. The van der Waals surface area contributed by atoms with E-state index in [4.69, 9.17) is 14.2 Å². The van der Waals surface area contributed by atoms with Gasteiger partial charge in [0, 0.05) is 6.42 Å². The first-order valence-corrected chi connectivity index (χ1v) is 5.32. The molecule has 1 saturated heterocycles. The van der Waals surface area contributed by atoms with Crippen molar-refractivity contribution in [2.45, 2.75) is 44.5 Å². The molecule has 0 aromatic carbocycles. The average Bonchev–Trinajstić information content (AvgIpc) is 2.81. The van der Waals surface area contributed by atoms with Crippen LogP contribution in [0.25, 0.3) is 0 Å². The Kier molecular flexibility index (Phi) is 2.17. The van der Waals surface area contributed by atoms with Crippen molar-refractivity contribution in [3.8, 4) is 0 Å². The minimum Gasteiger partial charge on any atom is -0.461 e. The van der Waals surface area contributed by atoms with Crippen molar-refractivity contribution in [3.05, 3.63) is 5.82 Å². The number of carbonyl (C=O) groups excluding carboxylic acids is 1. The van der Waals surface area contributed by atoms with Crippen molar-refractivity contribution in [1.29, 1.82) is 0 Å². The summed E-state index contributed by atoms with van der Waals surface area (Å²) in [5.41, 5.74) is 0. The van der Waals surface area contributed by atoms with Gasteiger partial charge in [-0.25, -0.2) is 0 Å². The molecule has 2 aliphatic heterocycles. The molecule has 0 amide bonds. The van der Waals surface area contributed by atoms with Crippen LogP contribution in [0.5, 0.6) is 0 Å². The van der Waals surface area contributed by atoms with E-state index in [1.807, 2.05) is 0 Å². The van der Waals surface area contributed by atoms with Gasteiger partial charge < -0.3 is 14.2 Å². The summed E-state index contributed by atoms with van der Waals surface area (Å²) in [5, 5.41) is 11.3. The van der Waals surface area contributed by atoms with Crippen LogP contribution in [-0.2, 0) is 25.4 Å². The van der Waals surface area contributed by atoms with Crippen LogP contribution in [0.2, 0.25) is 0 Å². The first-order valence-electron chi connectivity index (χ1n) is 5.32. The summed E-state index contributed by atoms with van der Waals surface area (Å²) in [4.78, 5) is 10.5. The van der Waals surface area contributed by atoms with Gasteiger partial charge in [-0.05, 0) is 24.3 Å². The van der Waals surface area contributed by atoms with Crippen LogP contribution in [0, 0.1) is 0 Å². The van der Waals surface area contributed by atoms with Crippen molar-refractivity contribution < 1.29 is 19.0 Å².